The van der Waals surface area contributed by atoms with E-state index in [0.717, 1.165) is 7.11 Å². The minimum absolute atomic E-state index is 0.235. The highest BCUT2D eigenvalue weighted by Gasteiger charge is 2.28. The van der Waals surface area contributed by atoms with Gasteiger partial charge < -0.3 is 10.5 Å². The smallest absolute Gasteiger partial charge is 0.323 e. The minimum atomic E-state index is -3.60. The molecule has 1 aromatic rings. The highest BCUT2D eigenvalue weighted by atomic mass is 32.2. The van der Waals surface area contributed by atoms with Crippen LogP contribution in [0.1, 0.15) is 18.1 Å². The molecule has 1 atom stereocenters. The van der Waals surface area contributed by atoms with Gasteiger partial charge in [0.2, 0.25) is 0 Å². The summed E-state index contributed by atoms with van der Waals surface area (Å²) in [6.45, 7) is 1.31. The monoisotopic (exact) mass is 301 g/mol. The van der Waals surface area contributed by atoms with Crippen LogP contribution in [0, 0.1) is 0 Å². The molecule has 0 aromatic heterocycles. The van der Waals surface area contributed by atoms with Crippen molar-refractivity contribution in [3.05, 3.63) is 35.4 Å². The Labute approximate surface area is 117 Å². The number of esters is 1. The van der Waals surface area contributed by atoms with Gasteiger partial charge in [-0.3, -0.25) is 4.79 Å². The van der Waals surface area contributed by atoms with Crippen LogP contribution in [0.25, 0.3) is 0 Å². The van der Waals surface area contributed by atoms with E-state index in [9.17, 15) is 13.2 Å². The number of carbonyl (C=O) groups excluding carboxylic acids is 1. The van der Waals surface area contributed by atoms with Crippen LogP contribution in [0.2, 0.25) is 0 Å². The lowest BCUT2D eigenvalue weighted by atomic mass is 10.1. The Bertz CT molecular complexity index is 578. The van der Waals surface area contributed by atoms with Crippen LogP contribution in [-0.2, 0) is 25.1 Å². The lowest BCUT2D eigenvalue weighted by Gasteiger charge is -2.11. The highest BCUT2D eigenvalue weighted by Crippen LogP contribution is 2.13. The van der Waals surface area contributed by atoms with Gasteiger partial charge in [0.1, 0.15) is 4.99 Å². The summed E-state index contributed by atoms with van der Waals surface area (Å²) >= 11 is 4.80. The number of hydrogen-bond donors (Lipinski definition) is 1. The van der Waals surface area contributed by atoms with E-state index in [0.29, 0.717) is 11.1 Å². The molecule has 0 aliphatic heterocycles. The van der Waals surface area contributed by atoms with Crippen molar-refractivity contribution in [3.8, 4) is 0 Å². The number of methoxy groups -OCH3 is 1. The molecule has 0 spiro atoms. The fraction of sp³-hybridized carbons (Fsp3) is 0.333. The maximum atomic E-state index is 12.0. The number of ether oxygens (including phenoxy) is 1. The van der Waals surface area contributed by atoms with Crippen LogP contribution < -0.4 is 5.73 Å². The Morgan fingerprint density at radius 2 is 1.89 bits per heavy atom. The van der Waals surface area contributed by atoms with Crippen molar-refractivity contribution < 1.29 is 17.9 Å². The van der Waals surface area contributed by atoms with Crippen molar-refractivity contribution in [2.45, 2.75) is 17.9 Å². The van der Waals surface area contributed by atoms with Gasteiger partial charge in [0.25, 0.3) is 0 Å². The quantitative estimate of drug-likeness (QED) is 0.639. The van der Waals surface area contributed by atoms with Gasteiger partial charge in [-0.05, 0) is 12.5 Å². The molecule has 0 amide bonds. The van der Waals surface area contributed by atoms with E-state index >= 15 is 0 Å². The Balaban J connectivity index is 2.90. The first-order chi connectivity index (χ1) is 8.77. The maximum absolute atomic E-state index is 12.0. The van der Waals surface area contributed by atoms with Crippen LogP contribution in [0.4, 0.5) is 0 Å². The van der Waals surface area contributed by atoms with Gasteiger partial charge in [-0.1, -0.05) is 36.5 Å². The molecule has 0 aliphatic carbocycles. The molecule has 2 N–H and O–H groups in total. The van der Waals surface area contributed by atoms with Crippen molar-refractivity contribution in [1.29, 1.82) is 0 Å². The molecule has 0 bridgehead atoms. The van der Waals surface area contributed by atoms with Crippen molar-refractivity contribution in [2.75, 3.05) is 7.11 Å². The second-order valence-corrected chi connectivity index (χ2v) is 6.80. The predicted octanol–water partition coefficient (Wildman–Crippen LogP) is 0.797. The van der Waals surface area contributed by atoms with Gasteiger partial charge in [-0.15, -0.1) is 0 Å². The molecule has 1 unspecified atom stereocenters. The molecule has 0 heterocycles. The average Bonchev–Trinajstić information content (AvgIpc) is 2.37. The first-order valence-electron chi connectivity index (χ1n) is 5.46. The zero-order valence-electron chi connectivity index (χ0n) is 10.6. The van der Waals surface area contributed by atoms with Crippen molar-refractivity contribution in [1.82, 2.24) is 0 Å². The van der Waals surface area contributed by atoms with Crippen molar-refractivity contribution in [3.63, 3.8) is 0 Å². The van der Waals surface area contributed by atoms with Gasteiger partial charge in [-0.25, -0.2) is 8.42 Å². The van der Waals surface area contributed by atoms with Crippen LogP contribution in [0.5, 0.6) is 0 Å². The molecule has 0 fully saturated rings. The SMILES string of the molecule is COC(=O)C(C)S(=O)(=O)Cc1ccc(C(N)=S)cc1. The Morgan fingerprint density at radius 1 is 1.37 bits per heavy atom. The van der Waals surface area contributed by atoms with E-state index in [1.165, 1.54) is 6.92 Å². The summed E-state index contributed by atoms with van der Waals surface area (Å²) in [5.41, 5.74) is 6.68. The van der Waals surface area contributed by atoms with Crippen LogP contribution >= 0.6 is 12.2 Å². The lowest BCUT2D eigenvalue weighted by molar-refractivity contribution is -0.139. The van der Waals surface area contributed by atoms with E-state index in [1.54, 1.807) is 24.3 Å². The predicted molar refractivity (Wildman–Crippen MR) is 76.4 cm³/mol. The Hall–Kier alpha value is -1.47. The first kappa shape index (κ1) is 15.6. The summed E-state index contributed by atoms with van der Waals surface area (Å²) in [5, 5.41) is -1.19. The zero-order chi connectivity index (χ0) is 14.6. The number of sulfone groups is 1. The molecular formula is C12H15NO4S2. The minimum Gasteiger partial charge on any atom is -0.468 e. The number of benzene rings is 1. The van der Waals surface area contributed by atoms with Crippen LogP contribution in [0.3, 0.4) is 0 Å². The Morgan fingerprint density at radius 3 is 2.32 bits per heavy atom. The Kier molecular flexibility index (Phi) is 5.02. The molecule has 19 heavy (non-hydrogen) atoms. The average molecular weight is 301 g/mol. The van der Waals surface area contributed by atoms with Gasteiger partial charge in [0.15, 0.2) is 15.1 Å². The third-order valence-corrected chi connectivity index (χ3v) is 4.92. The molecule has 1 aromatic carbocycles. The number of thiocarbonyl (C=S) groups is 1. The molecule has 7 heteroatoms. The normalized spacial score (nSPS) is 12.7. The molecule has 0 saturated carbocycles. The second-order valence-electron chi connectivity index (χ2n) is 4.03. The summed E-state index contributed by atoms with van der Waals surface area (Å²) < 4.78 is 28.4. The van der Waals surface area contributed by atoms with Crippen LogP contribution in [0.15, 0.2) is 24.3 Å². The van der Waals surface area contributed by atoms with Gasteiger partial charge in [0, 0.05) is 5.56 Å². The van der Waals surface area contributed by atoms with E-state index < -0.39 is 21.1 Å². The summed E-state index contributed by atoms with van der Waals surface area (Å²) in [7, 11) is -2.44. The second kappa shape index (κ2) is 6.12. The summed E-state index contributed by atoms with van der Waals surface area (Å²) in [4.78, 5) is 11.5. The fourth-order valence-corrected chi connectivity index (χ4v) is 2.87. The van der Waals surface area contributed by atoms with E-state index in [2.05, 4.69) is 4.74 Å². The first-order valence-corrected chi connectivity index (χ1v) is 7.58. The van der Waals surface area contributed by atoms with Crippen molar-refractivity contribution >= 4 is 33.0 Å². The number of rotatable bonds is 5. The van der Waals surface area contributed by atoms with Gasteiger partial charge in [-0.2, -0.15) is 0 Å². The van der Waals surface area contributed by atoms with E-state index in [4.69, 9.17) is 18.0 Å². The summed E-state index contributed by atoms with van der Waals surface area (Å²) in [6, 6.07) is 6.54. The topological polar surface area (TPSA) is 86.5 Å². The molecule has 104 valence electrons. The van der Waals surface area contributed by atoms with E-state index in [-0.39, 0.29) is 10.7 Å². The molecule has 0 aliphatic rings. The van der Waals surface area contributed by atoms with Crippen molar-refractivity contribution in [2.24, 2.45) is 5.73 Å². The number of nitrogens with two attached hydrogens (primary N) is 1. The number of hydrogen-bond acceptors (Lipinski definition) is 5. The lowest BCUT2D eigenvalue weighted by Crippen LogP contribution is -2.29. The standard InChI is InChI=1S/C12H15NO4S2/c1-8(12(14)17-2)19(15,16)7-9-3-5-10(6-4-9)11(13)18/h3-6,8H,7H2,1-2H3,(H2,13,18). The fourth-order valence-electron chi connectivity index (χ4n) is 1.44. The third-order valence-electron chi connectivity index (χ3n) is 2.68. The maximum Gasteiger partial charge on any atom is 0.323 e. The summed E-state index contributed by atoms with van der Waals surface area (Å²) in [6.07, 6.45) is 0. The summed E-state index contributed by atoms with van der Waals surface area (Å²) in [5.74, 6) is -0.999. The number of carbonyl (C=O) groups is 1. The highest BCUT2D eigenvalue weighted by molar-refractivity contribution is 7.92. The molecule has 0 saturated heterocycles. The van der Waals surface area contributed by atoms with Crippen LogP contribution in [-0.4, -0.2) is 31.7 Å². The van der Waals surface area contributed by atoms with Gasteiger partial charge >= 0.3 is 5.97 Å². The largest absolute Gasteiger partial charge is 0.468 e. The zero-order valence-corrected chi connectivity index (χ0v) is 12.3. The molecule has 0 radical (unpaired) electrons. The van der Waals surface area contributed by atoms with Gasteiger partial charge in [0.05, 0.1) is 12.9 Å². The molecule has 1 rings (SSSR count). The van der Waals surface area contributed by atoms with E-state index in [1.807, 2.05) is 0 Å². The third kappa shape index (κ3) is 4.00. The molecule has 5 nitrogen and oxygen atoms in total. The molecular weight excluding hydrogens is 286 g/mol.